The number of ether oxygens (including phenoxy) is 1. The normalized spacial score (nSPS) is 45.2. The van der Waals surface area contributed by atoms with Crippen LogP contribution in [0.5, 0.6) is 0 Å². The van der Waals surface area contributed by atoms with Crippen molar-refractivity contribution >= 4 is 0 Å². The highest BCUT2D eigenvalue weighted by Gasteiger charge is 2.53. The van der Waals surface area contributed by atoms with Crippen molar-refractivity contribution in [2.45, 2.75) is 45.1 Å². The van der Waals surface area contributed by atoms with E-state index in [9.17, 15) is 0 Å². The van der Waals surface area contributed by atoms with Crippen LogP contribution < -0.4 is 5.32 Å². The van der Waals surface area contributed by atoms with Gasteiger partial charge >= 0.3 is 0 Å². The average Bonchev–Trinajstić information content (AvgIpc) is 2.95. The van der Waals surface area contributed by atoms with Gasteiger partial charge in [-0.05, 0) is 56.3 Å². The number of rotatable bonds is 5. The van der Waals surface area contributed by atoms with E-state index in [0.717, 1.165) is 49.5 Å². The summed E-state index contributed by atoms with van der Waals surface area (Å²) in [5.74, 6) is 4.29. The van der Waals surface area contributed by atoms with E-state index in [1.54, 1.807) is 0 Å². The maximum absolute atomic E-state index is 5.40. The van der Waals surface area contributed by atoms with Crippen molar-refractivity contribution in [1.29, 1.82) is 0 Å². The lowest BCUT2D eigenvalue weighted by molar-refractivity contribution is 0.137. The van der Waals surface area contributed by atoms with E-state index in [1.165, 1.54) is 32.1 Å². The molecule has 0 saturated heterocycles. The van der Waals surface area contributed by atoms with E-state index in [-0.39, 0.29) is 0 Å². The smallest absolute Gasteiger partial charge is 0.0590 e. The minimum Gasteiger partial charge on any atom is -0.380 e. The van der Waals surface area contributed by atoms with E-state index in [2.05, 4.69) is 12.2 Å². The summed E-state index contributed by atoms with van der Waals surface area (Å²) in [6.45, 7) is 4.86. The lowest BCUT2D eigenvalue weighted by Crippen LogP contribution is -2.40. The van der Waals surface area contributed by atoms with E-state index < -0.39 is 0 Å². The Labute approximate surface area is 99.1 Å². The largest absolute Gasteiger partial charge is 0.380 e. The van der Waals surface area contributed by atoms with Gasteiger partial charge in [-0.25, -0.2) is 0 Å². The van der Waals surface area contributed by atoms with Crippen LogP contribution >= 0.6 is 0 Å². The molecule has 0 aromatic carbocycles. The highest BCUT2D eigenvalue weighted by Crippen LogP contribution is 2.58. The highest BCUT2D eigenvalue weighted by molar-refractivity contribution is 5.05. The summed E-state index contributed by atoms with van der Waals surface area (Å²) < 4.78 is 5.40. The van der Waals surface area contributed by atoms with Gasteiger partial charge in [-0.15, -0.1) is 0 Å². The Balaban J connectivity index is 1.48. The number of hydrogen-bond donors (Lipinski definition) is 1. The minimum atomic E-state index is 0.824. The van der Waals surface area contributed by atoms with Crippen molar-refractivity contribution in [3.63, 3.8) is 0 Å². The third-order valence-electron chi connectivity index (χ3n) is 5.29. The van der Waals surface area contributed by atoms with Gasteiger partial charge in [0.15, 0.2) is 0 Å². The zero-order valence-corrected chi connectivity index (χ0v) is 10.5. The van der Waals surface area contributed by atoms with Gasteiger partial charge in [-0.1, -0.05) is 6.42 Å². The summed E-state index contributed by atoms with van der Waals surface area (Å²) in [7, 11) is 0. The van der Waals surface area contributed by atoms with Gasteiger partial charge < -0.3 is 10.1 Å². The standard InChI is InChI=1S/C14H25NO/c1-2-16-7-6-15-14-9-10-8-13(14)12-5-3-4-11(10)12/h10-15H,2-9H2,1H3. The molecule has 3 aliphatic rings. The maximum Gasteiger partial charge on any atom is 0.0590 e. The maximum atomic E-state index is 5.40. The first-order chi connectivity index (χ1) is 7.90. The second kappa shape index (κ2) is 4.66. The summed E-state index contributed by atoms with van der Waals surface area (Å²) in [5, 5.41) is 3.74. The van der Waals surface area contributed by atoms with Crippen LogP contribution in [0.3, 0.4) is 0 Å². The molecule has 3 saturated carbocycles. The van der Waals surface area contributed by atoms with E-state index >= 15 is 0 Å². The van der Waals surface area contributed by atoms with Crippen molar-refractivity contribution in [3.05, 3.63) is 0 Å². The molecule has 0 aliphatic heterocycles. The topological polar surface area (TPSA) is 21.3 Å². The molecule has 1 N–H and O–H groups in total. The van der Waals surface area contributed by atoms with Gasteiger partial charge in [0.2, 0.25) is 0 Å². The third-order valence-corrected chi connectivity index (χ3v) is 5.29. The van der Waals surface area contributed by atoms with Crippen LogP contribution in [-0.2, 0) is 4.74 Å². The molecule has 2 heteroatoms. The molecular weight excluding hydrogens is 198 g/mol. The molecule has 2 nitrogen and oxygen atoms in total. The van der Waals surface area contributed by atoms with Crippen LogP contribution in [0.1, 0.15) is 39.0 Å². The summed E-state index contributed by atoms with van der Waals surface area (Å²) in [5.41, 5.74) is 0. The van der Waals surface area contributed by atoms with Crippen molar-refractivity contribution in [3.8, 4) is 0 Å². The summed E-state index contributed by atoms with van der Waals surface area (Å²) >= 11 is 0. The molecule has 3 aliphatic carbocycles. The Kier molecular flexibility index (Phi) is 3.21. The SMILES string of the molecule is CCOCCNC1CC2CC1C1CCCC21. The van der Waals surface area contributed by atoms with Crippen molar-refractivity contribution in [2.24, 2.45) is 23.7 Å². The molecular formula is C14H25NO. The van der Waals surface area contributed by atoms with Gasteiger partial charge in [0.1, 0.15) is 0 Å². The van der Waals surface area contributed by atoms with Gasteiger partial charge in [-0.2, -0.15) is 0 Å². The first-order valence-corrected chi connectivity index (χ1v) is 7.21. The molecule has 5 atom stereocenters. The monoisotopic (exact) mass is 223 g/mol. The summed E-state index contributed by atoms with van der Waals surface area (Å²) in [6.07, 6.45) is 7.56. The van der Waals surface area contributed by atoms with Crippen LogP contribution in [0.25, 0.3) is 0 Å². The Morgan fingerprint density at radius 2 is 2.00 bits per heavy atom. The quantitative estimate of drug-likeness (QED) is 0.723. The van der Waals surface area contributed by atoms with Crippen molar-refractivity contribution < 1.29 is 4.74 Å². The Bertz CT molecular complexity index is 243. The predicted octanol–water partition coefficient (Wildman–Crippen LogP) is 2.44. The molecule has 92 valence electrons. The van der Waals surface area contributed by atoms with Gasteiger partial charge in [0.05, 0.1) is 6.61 Å². The fraction of sp³-hybridized carbons (Fsp3) is 1.00. The molecule has 0 amide bonds. The first-order valence-electron chi connectivity index (χ1n) is 7.21. The van der Waals surface area contributed by atoms with Crippen LogP contribution in [-0.4, -0.2) is 25.8 Å². The third kappa shape index (κ3) is 1.80. The zero-order chi connectivity index (χ0) is 11.0. The van der Waals surface area contributed by atoms with E-state index in [1.807, 2.05) is 0 Å². The van der Waals surface area contributed by atoms with Gasteiger partial charge in [-0.3, -0.25) is 0 Å². The minimum absolute atomic E-state index is 0.824. The molecule has 3 rings (SSSR count). The Hall–Kier alpha value is -0.0800. The molecule has 0 heterocycles. The molecule has 16 heavy (non-hydrogen) atoms. The average molecular weight is 223 g/mol. The summed E-state index contributed by atoms with van der Waals surface area (Å²) in [4.78, 5) is 0. The van der Waals surface area contributed by atoms with Gasteiger partial charge in [0, 0.05) is 19.2 Å². The summed E-state index contributed by atoms with van der Waals surface area (Å²) in [6, 6.07) is 0.824. The number of nitrogens with one attached hydrogen (secondary N) is 1. The molecule has 0 radical (unpaired) electrons. The zero-order valence-electron chi connectivity index (χ0n) is 10.5. The van der Waals surface area contributed by atoms with Crippen LogP contribution in [0.4, 0.5) is 0 Å². The predicted molar refractivity (Wildman–Crippen MR) is 65.3 cm³/mol. The molecule has 0 aromatic rings. The Morgan fingerprint density at radius 3 is 2.88 bits per heavy atom. The lowest BCUT2D eigenvalue weighted by atomic mass is 9.79. The molecule has 2 bridgehead atoms. The van der Waals surface area contributed by atoms with E-state index in [0.29, 0.717) is 0 Å². The van der Waals surface area contributed by atoms with E-state index in [4.69, 9.17) is 4.74 Å². The second-order valence-corrected chi connectivity index (χ2v) is 5.91. The molecule has 5 unspecified atom stereocenters. The van der Waals surface area contributed by atoms with Crippen molar-refractivity contribution in [2.75, 3.05) is 19.8 Å². The molecule has 0 aromatic heterocycles. The Morgan fingerprint density at radius 1 is 1.12 bits per heavy atom. The second-order valence-electron chi connectivity index (χ2n) is 5.91. The molecule has 0 spiro atoms. The van der Waals surface area contributed by atoms with Crippen LogP contribution in [0, 0.1) is 23.7 Å². The molecule has 3 fully saturated rings. The van der Waals surface area contributed by atoms with Crippen LogP contribution in [0.2, 0.25) is 0 Å². The fourth-order valence-electron chi connectivity index (χ4n) is 4.76. The lowest BCUT2D eigenvalue weighted by Gasteiger charge is -2.32. The number of hydrogen-bond acceptors (Lipinski definition) is 2. The fourth-order valence-corrected chi connectivity index (χ4v) is 4.76. The van der Waals surface area contributed by atoms with Gasteiger partial charge in [0.25, 0.3) is 0 Å². The van der Waals surface area contributed by atoms with Crippen molar-refractivity contribution in [1.82, 2.24) is 5.32 Å². The first kappa shape index (κ1) is 11.0. The van der Waals surface area contributed by atoms with Crippen LogP contribution in [0.15, 0.2) is 0 Å². The number of fused-ring (bicyclic) bond motifs is 5. The highest BCUT2D eigenvalue weighted by atomic mass is 16.5.